The lowest BCUT2D eigenvalue weighted by Gasteiger charge is -2.06. The van der Waals surface area contributed by atoms with Gasteiger partial charge in [0.2, 0.25) is 0 Å². The SMILES string of the molecule is Cc1[nH]c(C2(CO)CC2)nc1-c1ccccc1F. The van der Waals surface area contributed by atoms with Crippen LogP contribution in [-0.2, 0) is 5.41 Å². The Morgan fingerprint density at radius 3 is 2.72 bits per heavy atom. The third-order valence-electron chi connectivity index (χ3n) is 3.67. The summed E-state index contributed by atoms with van der Waals surface area (Å²) in [4.78, 5) is 7.68. The molecule has 1 aromatic carbocycles. The van der Waals surface area contributed by atoms with Gasteiger partial charge >= 0.3 is 0 Å². The minimum absolute atomic E-state index is 0.0939. The molecular formula is C14H15FN2O. The third kappa shape index (κ3) is 1.64. The van der Waals surface area contributed by atoms with Crippen LogP contribution in [0.3, 0.4) is 0 Å². The van der Waals surface area contributed by atoms with Gasteiger partial charge in [0, 0.05) is 11.3 Å². The summed E-state index contributed by atoms with van der Waals surface area (Å²) in [5.41, 5.74) is 1.78. The van der Waals surface area contributed by atoms with Crippen LogP contribution in [0.2, 0.25) is 0 Å². The van der Waals surface area contributed by atoms with E-state index in [9.17, 15) is 9.50 Å². The molecule has 0 bridgehead atoms. The molecule has 2 N–H and O–H groups in total. The topological polar surface area (TPSA) is 48.9 Å². The lowest BCUT2D eigenvalue weighted by atomic mass is 10.1. The number of nitrogens with one attached hydrogen (secondary N) is 1. The van der Waals surface area contributed by atoms with E-state index in [-0.39, 0.29) is 17.8 Å². The zero-order valence-electron chi connectivity index (χ0n) is 10.2. The number of imidazole rings is 1. The second-order valence-electron chi connectivity index (χ2n) is 4.98. The Labute approximate surface area is 105 Å². The van der Waals surface area contributed by atoms with Gasteiger partial charge in [-0.2, -0.15) is 0 Å². The lowest BCUT2D eigenvalue weighted by molar-refractivity contribution is 0.250. The first-order valence-electron chi connectivity index (χ1n) is 6.09. The van der Waals surface area contributed by atoms with Crippen LogP contribution in [0, 0.1) is 12.7 Å². The Morgan fingerprint density at radius 1 is 1.39 bits per heavy atom. The molecule has 0 atom stereocenters. The zero-order chi connectivity index (χ0) is 12.8. The molecule has 1 saturated carbocycles. The summed E-state index contributed by atoms with van der Waals surface area (Å²) in [6.07, 6.45) is 1.88. The number of aliphatic hydroxyl groups is 1. The van der Waals surface area contributed by atoms with Crippen LogP contribution >= 0.6 is 0 Å². The van der Waals surface area contributed by atoms with Gasteiger partial charge in [0.05, 0.1) is 17.7 Å². The van der Waals surface area contributed by atoms with Crippen molar-refractivity contribution in [1.82, 2.24) is 9.97 Å². The summed E-state index contributed by atoms with van der Waals surface area (Å²) in [7, 11) is 0. The first-order valence-corrected chi connectivity index (χ1v) is 6.09. The van der Waals surface area contributed by atoms with Crippen LogP contribution in [0.1, 0.15) is 24.4 Å². The summed E-state index contributed by atoms with van der Waals surface area (Å²) < 4.78 is 13.8. The summed E-state index contributed by atoms with van der Waals surface area (Å²) in [5, 5.41) is 9.40. The molecule has 0 spiro atoms. The number of hydrogen-bond acceptors (Lipinski definition) is 2. The van der Waals surface area contributed by atoms with Crippen LogP contribution in [0.4, 0.5) is 4.39 Å². The molecular weight excluding hydrogens is 231 g/mol. The molecule has 1 aliphatic rings. The van der Waals surface area contributed by atoms with E-state index in [1.165, 1.54) is 6.07 Å². The number of nitrogens with zero attached hydrogens (tertiary/aromatic N) is 1. The number of H-pyrrole nitrogens is 1. The number of aromatic nitrogens is 2. The van der Waals surface area contributed by atoms with Crippen molar-refractivity contribution in [3.63, 3.8) is 0 Å². The number of benzene rings is 1. The van der Waals surface area contributed by atoms with E-state index >= 15 is 0 Å². The van der Waals surface area contributed by atoms with Crippen LogP contribution in [0.15, 0.2) is 24.3 Å². The number of aromatic amines is 1. The van der Waals surface area contributed by atoms with Crippen molar-refractivity contribution in [3.05, 3.63) is 41.6 Å². The predicted octanol–water partition coefficient (Wildman–Crippen LogP) is 2.55. The maximum atomic E-state index is 13.8. The molecule has 18 heavy (non-hydrogen) atoms. The Balaban J connectivity index is 2.07. The molecule has 3 rings (SSSR count). The number of aliphatic hydroxyl groups excluding tert-OH is 1. The van der Waals surface area contributed by atoms with Gasteiger partial charge in [-0.05, 0) is 31.9 Å². The molecule has 1 aromatic heterocycles. The Hall–Kier alpha value is -1.68. The standard InChI is InChI=1S/C14H15FN2O/c1-9-12(10-4-2-3-5-11(10)15)17-13(16-9)14(8-18)6-7-14/h2-5,18H,6-8H2,1H3,(H,16,17). The van der Waals surface area contributed by atoms with Gasteiger partial charge < -0.3 is 10.1 Å². The second kappa shape index (κ2) is 3.92. The van der Waals surface area contributed by atoms with Crippen LogP contribution < -0.4 is 0 Å². The Bertz CT molecular complexity index is 587. The largest absolute Gasteiger partial charge is 0.395 e. The molecule has 0 unspecified atom stereocenters. The molecule has 1 aliphatic carbocycles. The van der Waals surface area contributed by atoms with E-state index in [0.717, 1.165) is 24.4 Å². The molecule has 3 nitrogen and oxygen atoms in total. The smallest absolute Gasteiger partial charge is 0.132 e. The first-order chi connectivity index (χ1) is 8.66. The fraction of sp³-hybridized carbons (Fsp3) is 0.357. The predicted molar refractivity (Wildman–Crippen MR) is 66.7 cm³/mol. The van der Waals surface area contributed by atoms with Crippen molar-refractivity contribution in [1.29, 1.82) is 0 Å². The van der Waals surface area contributed by atoms with Crippen LogP contribution in [-0.4, -0.2) is 21.7 Å². The zero-order valence-corrected chi connectivity index (χ0v) is 10.2. The van der Waals surface area contributed by atoms with Crippen molar-refractivity contribution in [2.24, 2.45) is 0 Å². The van der Waals surface area contributed by atoms with E-state index in [2.05, 4.69) is 9.97 Å². The molecule has 2 aromatic rings. The van der Waals surface area contributed by atoms with E-state index in [4.69, 9.17) is 0 Å². The van der Waals surface area contributed by atoms with Crippen LogP contribution in [0.25, 0.3) is 11.3 Å². The molecule has 1 heterocycles. The van der Waals surface area contributed by atoms with Crippen molar-refractivity contribution in [3.8, 4) is 11.3 Å². The van der Waals surface area contributed by atoms with Crippen molar-refractivity contribution >= 4 is 0 Å². The average molecular weight is 246 g/mol. The van der Waals surface area contributed by atoms with Gasteiger partial charge in [-0.25, -0.2) is 9.37 Å². The van der Waals surface area contributed by atoms with Crippen molar-refractivity contribution in [2.75, 3.05) is 6.61 Å². The monoisotopic (exact) mass is 246 g/mol. The number of halogens is 1. The normalized spacial score (nSPS) is 16.8. The van der Waals surface area contributed by atoms with Crippen LogP contribution in [0.5, 0.6) is 0 Å². The van der Waals surface area contributed by atoms with Crippen molar-refractivity contribution < 1.29 is 9.50 Å². The summed E-state index contributed by atoms with van der Waals surface area (Å²) >= 11 is 0. The Kier molecular flexibility index (Phi) is 2.48. The van der Waals surface area contributed by atoms with E-state index in [0.29, 0.717) is 11.3 Å². The van der Waals surface area contributed by atoms with Gasteiger partial charge in [-0.1, -0.05) is 12.1 Å². The highest BCUT2D eigenvalue weighted by Gasteiger charge is 2.46. The quantitative estimate of drug-likeness (QED) is 0.874. The Morgan fingerprint density at radius 2 is 2.11 bits per heavy atom. The lowest BCUT2D eigenvalue weighted by Crippen LogP contribution is -2.13. The fourth-order valence-electron chi connectivity index (χ4n) is 2.25. The van der Waals surface area contributed by atoms with Gasteiger partial charge in [-0.15, -0.1) is 0 Å². The number of hydrogen-bond donors (Lipinski definition) is 2. The molecule has 0 saturated heterocycles. The second-order valence-corrected chi connectivity index (χ2v) is 4.98. The maximum Gasteiger partial charge on any atom is 0.132 e. The highest BCUT2D eigenvalue weighted by Crippen LogP contribution is 2.47. The van der Waals surface area contributed by atoms with E-state index in [1.807, 2.05) is 6.92 Å². The summed E-state index contributed by atoms with van der Waals surface area (Å²) in [6.45, 7) is 1.97. The average Bonchev–Trinajstić information content (AvgIpc) is 3.08. The van der Waals surface area contributed by atoms with Gasteiger partial charge in [-0.3, -0.25) is 0 Å². The van der Waals surface area contributed by atoms with E-state index in [1.54, 1.807) is 18.2 Å². The third-order valence-corrected chi connectivity index (χ3v) is 3.67. The van der Waals surface area contributed by atoms with Gasteiger partial charge in [0.1, 0.15) is 11.6 Å². The fourth-order valence-corrected chi connectivity index (χ4v) is 2.25. The maximum absolute atomic E-state index is 13.8. The van der Waals surface area contributed by atoms with E-state index < -0.39 is 0 Å². The van der Waals surface area contributed by atoms with Gasteiger partial charge in [0.25, 0.3) is 0 Å². The minimum Gasteiger partial charge on any atom is -0.395 e. The van der Waals surface area contributed by atoms with Crippen molar-refractivity contribution in [2.45, 2.75) is 25.2 Å². The molecule has 94 valence electrons. The molecule has 0 radical (unpaired) electrons. The summed E-state index contributed by atoms with van der Waals surface area (Å²) in [6, 6.07) is 6.62. The molecule has 1 fully saturated rings. The number of rotatable bonds is 3. The first kappa shape index (κ1) is 11.4. The molecule has 0 amide bonds. The highest BCUT2D eigenvalue weighted by atomic mass is 19.1. The highest BCUT2D eigenvalue weighted by molar-refractivity contribution is 5.63. The number of aryl methyl sites for hydroxylation is 1. The molecule has 4 heteroatoms. The minimum atomic E-state index is -0.271. The molecule has 0 aliphatic heterocycles. The summed E-state index contributed by atoms with van der Waals surface area (Å²) in [5.74, 6) is 0.508. The van der Waals surface area contributed by atoms with Gasteiger partial charge in [0.15, 0.2) is 0 Å².